The average molecular weight is 299 g/mol. The first-order valence-corrected chi connectivity index (χ1v) is 6.39. The molecule has 2 N–H and O–H groups in total. The van der Waals surface area contributed by atoms with Gasteiger partial charge in [-0.15, -0.1) is 0 Å². The number of hydrogen-bond donors (Lipinski definition) is 2. The Morgan fingerprint density at radius 3 is 2.27 bits per heavy atom. The number of carbonyl (C=O) groups is 2. The van der Waals surface area contributed by atoms with Gasteiger partial charge in [-0.05, 0) is 30.3 Å². The fourth-order valence-electron chi connectivity index (χ4n) is 1.82. The molecule has 7 heteroatoms. The number of non-ortho nitro benzene ring substituents is 1. The van der Waals surface area contributed by atoms with Gasteiger partial charge in [-0.1, -0.05) is 6.07 Å². The zero-order valence-corrected chi connectivity index (χ0v) is 11.7. The lowest BCUT2D eigenvalue weighted by Gasteiger charge is -2.07. The molecule has 112 valence electrons. The van der Waals surface area contributed by atoms with Gasteiger partial charge in [0, 0.05) is 36.0 Å². The fraction of sp³-hybridized carbons (Fsp3) is 0.0667. The summed E-state index contributed by atoms with van der Waals surface area (Å²) >= 11 is 0. The zero-order valence-electron chi connectivity index (χ0n) is 11.7. The van der Waals surface area contributed by atoms with Crippen molar-refractivity contribution >= 4 is 23.2 Å². The van der Waals surface area contributed by atoms with E-state index in [0.717, 1.165) is 0 Å². The maximum atomic E-state index is 12.1. The molecule has 0 bridgehead atoms. The minimum absolute atomic E-state index is 0.0850. The monoisotopic (exact) mass is 299 g/mol. The van der Waals surface area contributed by atoms with E-state index in [2.05, 4.69) is 10.6 Å². The second kappa shape index (κ2) is 6.49. The predicted octanol–water partition coefficient (Wildman–Crippen LogP) is 2.21. The van der Waals surface area contributed by atoms with Gasteiger partial charge in [0.25, 0.3) is 17.5 Å². The number of nitro groups is 1. The largest absolute Gasteiger partial charge is 0.355 e. The number of anilines is 1. The molecule has 2 aromatic rings. The highest BCUT2D eigenvalue weighted by Gasteiger charge is 2.10. The summed E-state index contributed by atoms with van der Waals surface area (Å²) in [5.74, 6) is -0.671. The molecule has 0 saturated heterocycles. The summed E-state index contributed by atoms with van der Waals surface area (Å²) in [6, 6.07) is 11.7. The Balaban J connectivity index is 2.14. The van der Waals surface area contributed by atoms with Crippen molar-refractivity contribution < 1.29 is 14.5 Å². The van der Waals surface area contributed by atoms with Crippen molar-refractivity contribution in [1.82, 2.24) is 5.32 Å². The number of nitrogens with zero attached hydrogens (tertiary/aromatic N) is 1. The van der Waals surface area contributed by atoms with Gasteiger partial charge < -0.3 is 10.6 Å². The smallest absolute Gasteiger partial charge is 0.269 e. The van der Waals surface area contributed by atoms with E-state index in [1.807, 2.05) is 0 Å². The van der Waals surface area contributed by atoms with E-state index < -0.39 is 10.8 Å². The van der Waals surface area contributed by atoms with Gasteiger partial charge >= 0.3 is 0 Å². The predicted molar refractivity (Wildman–Crippen MR) is 80.9 cm³/mol. The molecule has 0 spiro atoms. The highest BCUT2D eigenvalue weighted by atomic mass is 16.6. The molecule has 2 aromatic carbocycles. The standard InChI is InChI=1S/C15H13N3O4/c1-16-14(19)11-3-2-4-12(9-11)17-15(20)10-5-7-13(8-6-10)18(21)22/h2-9H,1H3,(H,16,19)(H,17,20). The number of carbonyl (C=O) groups excluding carboxylic acids is 2. The van der Waals surface area contributed by atoms with Gasteiger partial charge in [-0.25, -0.2) is 0 Å². The second-order valence-corrected chi connectivity index (χ2v) is 4.42. The number of hydrogen-bond acceptors (Lipinski definition) is 4. The molecule has 2 rings (SSSR count). The van der Waals surface area contributed by atoms with Gasteiger partial charge in [0.05, 0.1) is 4.92 Å². The van der Waals surface area contributed by atoms with Crippen molar-refractivity contribution in [2.75, 3.05) is 12.4 Å². The number of benzene rings is 2. The SMILES string of the molecule is CNC(=O)c1cccc(NC(=O)c2ccc([N+](=O)[O-])cc2)c1. The molecule has 0 aliphatic heterocycles. The van der Waals surface area contributed by atoms with Crippen LogP contribution in [-0.2, 0) is 0 Å². The zero-order chi connectivity index (χ0) is 16.1. The summed E-state index contributed by atoms with van der Waals surface area (Å²) in [5.41, 5.74) is 1.09. The van der Waals surface area contributed by atoms with Crippen molar-refractivity contribution in [3.05, 3.63) is 69.8 Å². The molecule has 7 nitrogen and oxygen atoms in total. The van der Waals surface area contributed by atoms with Crippen LogP contribution >= 0.6 is 0 Å². The normalized spacial score (nSPS) is 9.86. The van der Waals surface area contributed by atoms with Gasteiger partial charge in [-0.2, -0.15) is 0 Å². The Bertz CT molecular complexity index is 726. The Morgan fingerprint density at radius 1 is 1.00 bits per heavy atom. The van der Waals surface area contributed by atoms with Gasteiger partial charge in [0.1, 0.15) is 0 Å². The van der Waals surface area contributed by atoms with Crippen LogP contribution < -0.4 is 10.6 Å². The number of amides is 2. The van der Waals surface area contributed by atoms with Crippen molar-refractivity contribution in [2.45, 2.75) is 0 Å². The van der Waals surface area contributed by atoms with Crippen LogP contribution in [0.5, 0.6) is 0 Å². The third-order valence-corrected chi connectivity index (χ3v) is 2.95. The van der Waals surface area contributed by atoms with Crippen LogP contribution in [0, 0.1) is 10.1 Å². The van der Waals surface area contributed by atoms with Gasteiger partial charge in [-0.3, -0.25) is 19.7 Å². The van der Waals surface area contributed by atoms with Crippen LogP contribution in [0.15, 0.2) is 48.5 Å². The van der Waals surface area contributed by atoms with E-state index in [1.165, 1.54) is 31.3 Å². The van der Waals surface area contributed by atoms with Crippen LogP contribution in [0.4, 0.5) is 11.4 Å². The van der Waals surface area contributed by atoms with Crippen LogP contribution in [0.1, 0.15) is 20.7 Å². The summed E-state index contributed by atoms with van der Waals surface area (Å²) in [5, 5.41) is 15.7. The van der Waals surface area contributed by atoms with Crippen LogP contribution in [0.3, 0.4) is 0 Å². The van der Waals surface area contributed by atoms with E-state index in [4.69, 9.17) is 0 Å². The molecule has 0 saturated carbocycles. The molecule has 0 aliphatic rings. The van der Waals surface area contributed by atoms with Gasteiger partial charge in [0.15, 0.2) is 0 Å². The third-order valence-electron chi connectivity index (χ3n) is 2.95. The summed E-state index contributed by atoms with van der Waals surface area (Å²) in [7, 11) is 1.52. The maximum absolute atomic E-state index is 12.1. The van der Waals surface area contributed by atoms with E-state index in [1.54, 1.807) is 24.3 Å². The van der Waals surface area contributed by atoms with Crippen molar-refractivity contribution in [1.29, 1.82) is 0 Å². The molecule has 22 heavy (non-hydrogen) atoms. The number of nitrogens with one attached hydrogen (secondary N) is 2. The minimum atomic E-state index is -0.533. The summed E-state index contributed by atoms with van der Waals surface area (Å²) in [6.45, 7) is 0. The van der Waals surface area contributed by atoms with Crippen LogP contribution in [0.2, 0.25) is 0 Å². The quantitative estimate of drug-likeness (QED) is 0.667. The molecule has 0 atom stereocenters. The molecule has 0 aliphatic carbocycles. The summed E-state index contributed by atoms with van der Waals surface area (Å²) in [4.78, 5) is 33.6. The topological polar surface area (TPSA) is 101 Å². The third kappa shape index (κ3) is 3.45. The lowest BCUT2D eigenvalue weighted by Crippen LogP contribution is -2.18. The van der Waals surface area contributed by atoms with E-state index in [0.29, 0.717) is 11.3 Å². The Morgan fingerprint density at radius 2 is 1.68 bits per heavy atom. The maximum Gasteiger partial charge on any atom is 0.269 e. The van der Waals surface area contributed by atoms with E-state index in [9.17, 15) is 19.7 Å². The molecule has 0 radical (unpaired) electrons. The molecule has 0 aromatic heterocycles. The number of rotatable bonds is 4. The Kier molecular flexibility index (Phi) is 4.47. The Hall–Kier alpha value is -3.22. The molecule has 2 amide bonds. The minimum Gasteiger partial charge on any atom is -0.355 e. The molecular formula is C15H13N3O4. The van der Waals surface area contributed by atoms with E-state index >= 15 is 0 Å². The fourth-order valence-corrected chi connectivity index (χ4v) is 1.82. The van der Waals surface area contributed by atoms with Crippen molar-refractivity contribution in [3.63, 3.8) is 0 Å². The van der Waals surface area contributed by atoms with E-state index in [-0.39, 0.29) is 17.2 Å². The molecule has 0 unspecified atom stereocenters. The van der Waals surface area contributed by atoms with Crippen molar-refractivity contribution in [2.24, 2.45) is 0 Å². The van der Waals surface area contributed by atoms with Crippen LogP contribution in [-0.4, -0.2) is 23.8 Å². The van der Waals surface area contributed by atoms with Crippen LogP contribution in [0.25, 0.3) is 0 Å². The highest BCUT2D eigenvalue weighted by Crippen LogP contribution is 2.15. The van der Waals surface area contributed by atoms with Gasteiger partial charge in [0.2, 0.25) is 0 Å². The molecule has 0 heterocycles. The summed E-state index contributed by atoms with van der Waals surface area (Å²) < 4.78 is 0. The average Bonchev–Trinajstić information content (AvgIpc) is 2.54. The molecular weight excluding hydrogens is 286 g/mol. The first-order valence-electron chi connectivity index (χ1n) is 6.39. The van der Waals surface area contributed by atoms with Crippen molar-refractivity contribution in [3.8, 4) is 0 Å². The molecule has 0 fully saturated rings. The lowest BCUT2D eigenvalue weighted by atomic mass is 10.1. The first kappa shape index (κ1) is 15.2. The number of nitro benzene ring substituents is 1. The Labute approximate surface area is 126 Å². The second-order valence-electron chi connectivity index (χ2n) is 4.42. The summed E-state index contributed by atoms with van der Waals surface area (Å²) in [6.07, 6.45) is 0. The highest BCUT2D eigenvalue weighted by molar-refractivity contribution is 6.05. The first-order chi connectivity index (χ1) is 10.5. The lowest BCUT2D eigenvalue weighted by molar-refractivity contribution is -0.384.